The highest BCUT2D eigenvalue weighted by Crippen LogP contribution is 2.31. The number of halogens is 1. The van der Waals surface area contributed by atoms with Crippen LogP contribution in [0.5, 0.6) is 0 Å². The van der Waals surface area contributed by atoms with Crippen molar-refractivity contribution in [2.45, 2.75) is 20.4 Å². The Morgan fingerprint density at radius 2 is 2.24 bits per heavy atom. The van der Waals surface area contributed by atoms with Crippen LogP contribution < -0.4 is 0 Å². The van der Waals surface area contributed by atoms with Gasteiger partial charge in [-0.1, -0.05) is 16.8 Å². The third-order valence-electron chi connectivity index (χ3n) is 3.42. The van der Waals surface area contributed by atoms with Crippen molar-refractivity contribution in [3.05, 3.63) is 51.2 Å². The molecule has 0 fully saturated rings. The molecule has 0 spiro atoms. The molecule has 0 aliphatic carbocycles. The summed E-state index contributed by atoms with van der Waals surface area (Å²) < 4.78 is 8.08. The van der Waals surface area contributed by atoms with Gasteiger partial charge in [0.25, 0.3) is 0 Å². The van der Waals surface area contributed by atoms with Crippen molar-refractivity contribution < 1.29 is 9.32 Å². The Kier molecular flexibility index (Phi) is 3.69. The third-order valence-corrected chi connectivity index (χ3v) is 4.67. The fourth-order valence-corrected chi connectivity index (χ4v) is 3.30. The minimum Gasteiger partial charge on any atom is -0.355 e. The molecule has 0 radical (unpaired) electrons. The van der Waals surface area contributed by atoms with E-state index in [1.165, 1.54) is 11.3 Å². The highest BCUT2D eigenvalue weighted by molar-refractivity contribution is 7.19. The summed E-state index contributed by atoms with van der Waals surface area (Å²) in [4.78, 5) is 12.0. The first kappa shape index (κ1) is 14.1. The van der Waals surface area contributed by atoms with Gasteiger partial charge in [-0.15, -0.1) is 11.3 Å². The molecule has 3 heterocycles. The predicted molar refractivity (Wildman–Crippen MR) is 83.2 cm³/mol. The first-order valence-corrected chi connectivity index (χ1v) is 7.60. The summed E-state index contributed by atoms with van der Waals surface area (Å²) in [6.07, 6.45) is 2.85. The molecule has 3 aromatic heterocycles. The second kappa shape index (κ2) is 5.50. The lowest BCUT2D eigenvalue weighted by atomic mass is 10.2. The molecule has 0 aliphatic rings. The highest BCUT2D eigenvalue weighted by Gasteiger charge is 2.13. The van der Waals surface area contributed by atoms with Crippen molar-refractivity contribution in [1.29, 1.82) is 0 Å². The van der Waals surface area contributed by atoms with Gasteiger partial charge in [-0.3, -0.25) is 4.79 Å². The number of hydrogen-bond donors (Lipinski definition) is 0. The molecule has 0 atom stereocenters. The normalized spacial score (nSPS) is 11.0. The maximum absolute atomic E-state index is 11.0. The van der Waals surface area contributed by atoms with Crippen LogP contribution in [-0.2, 0) is 6.54 Å². The summed E-state index contributed by atoms with van der Waals surface area (Å²) in [6.45, 7) is 4.43. The van der Waals surface area contributed by atoms with Crippen molar-refractivity contribution in [3.63, 3.8) is 0 Å². The molecule has 0 bridgehead atoms. The Morgan fingerprint density at radius 1 is 1.43 bits per heavy atom. The van der Waals surface area contributed by atoms with Gasteiger partial charge in [0, 0.05) is 23.5 Å². The zero-order valence-corrected chi connectivity index (χ0v) is 13.2. The lowest BCUT2D eigenvalue weighted by Gasteiger charge is -2.02. The number of carbonyl (C=O) groups excluding carboxylic acids is 1. The maximum atomic E-state index is 11.0. The zero-order chi connectivity index (χ0) is 15.0. The molecule has 0 saturated heterocycles. The van der Waals surface area contributed by atoms with Gasteiger partial charge >= 0.3 is 0 Å². The SMILES string of the molecule is Cc1cn(Cc2cc(-c3ccc(Cl)s3)on2)c(C)c1C=O. The van der Waals surface area contributed by atoms with Gasteiger partial charge in [0.1, 0.15) is 5.69 Å². The number of hydrogen-bond acceptors (Lipinski definition) is 4. The summed E-state index contributed by atoms with van der Waals surface area (Å²) in [5.41, 5.74) is 3.45. The predicted octanol–water partition coefficient (Wildman–Crippen LogP) is 4.34. The van der Waals surface area contributed by atoms with Gasteiger partial charge in [-0.25, -0.2) is 0 Å². The van der Waals surface area contributed by atoms with Crippen molar-refractivity contribution in [2.75, 3.05) is 0 Å². The van der Waals surface area contributed by atoms with Crippen LogP contribution in [0, 0.1) is 13.8 Å². The molecule has 108 valence electrons. The van der Waals surface area contributed by atoms with E-state index in [1.807, 2.05) is 42.8 Å². The minimum atomic E-state index is 0.573. The molecule has 3 rings (SSSR count). The average Bonchev–Trinajstić information content (AvgIpc) is 3.12. The summed E-state index contributed by atoms with van der Waals surface area (Å²) in [6, 6.07) is 5.64. The lowest BCUT2D eigenvalue weighted by molar-refractivity contribution is 0.112. The zero-order valence-electron chi connectivity index (χ0n) is 11.6. The van der Waals surface area contributed by atoms with Crippen molar-refractivity contribution >= 4 is 29.2 Å². The van der Waals surface area contributed by atoms with Gasteiger partial charge < -0.3 is 9.09 Å². The van der Waals surface area contributed by atoms with Gasteiger partial charge in [0.2, 0.25) is 0 Å². The Morgan fingerprint density at radius 3 is 2.86 bits per heavy atom. The second-order valence-electron chi connectivity index (χ2n) is 4.84. The van der Waals surface area contributed by atoms with E-state index < -0.39 is 0 Å². The van der Waals surface area contributed by atoms with Crippen LogP contribution in [-0.4, -0.2) is 16.0 Å². The Balaban J connectivity index is 1.86. The van der Waals surface area contributed by atoms with Gasteiger partial charge in [-0.2, -0.15) is 0 Å². The van der Waals surface area contributed by atoms with Crippen LogP contribution in [0.4, 0.5) is 0 Å². The van der Waals surface area contributed by atoms with Crippen LogP contribution >= 0.6 is 22.9 Å². The van der Waals surface area contributed by atoms with Crippen LogP contribution in [0.15, 0.2) is 28.9 Å². The van der Waals surface area contributed by atoms with E-state index in [4.69, 9.17) is 16.1 Å². The Bertz CT molecular complexity index is 801. The van der Waals surface area contributed by atoms with Crippen LogP contribution in [0.25, 0.3) is 10.6 Å². The molecule has 0 saturated carbocycles. The largest absolute Gasteiger partial charge is 0.355 e. The summed E-state index contributed by atoms with van der Waals surface area (Å²) in [5.74, 6) is 0.707. The van der Waals surface area contributed by atoms with E-state index in [2.05, 4.69) is 5.16 Å². The molecule has 3 aromatic rings. The first-order valence-electron chi connectivity index (χ1n) is 6.41. The standard InChI is InChI=1S/C15H13ClN2O2S/c1-9-6-18(10(2)12(9)8-19)7-11-5-13(20-17-11)14-3-4-15(16)21-14/h3-6,8H,7H2,1-2H3. The van der Waals surface area contributed by atoms with Crippen molar-refractivity contribution in [3.8, 4) is 10.6 Å². The molecule has 0 aliphatic heterocycles. The summed E-state index contributed by atoms with van der Waals surface area (Å²) >= 11 is 7.38. The molecule has 21 heavy (non-hydrogen) atoms. The highest BCUT2D eigenvalue weighted by atomic mass is 35.5. The van der Waals surface area contributed by atoms with Gasteiger partial charge in [-0.05, 0) is 31.5 Å². The number of thiophene rings is 1. The third kappa shape index (κ3) is 2.66. The number of rotatable bonds is 4. The van der Waals surface area contributed by atoms with E-state index in [0.717, 1.165) is 38.0 Å². The Labute approximate surface area is 130 Å². The van der Waals surface area contributed by atoms with E-state index >= 15 is 0 Å². The van der Waals surface area contributed by atoms with Gasteiger partial charge in [0.15, 0.2) is 12.0 Å². The quantitative estimate of drug-likeness (QED) is 0.672. The fourth-order valence-electron chi connectivity index (χ4n) is 2.31. The lowest BCUT2D eigenvalue weighted by Crippen LogP contribution is -2.01. The number of aldehydes is 1. The average molecular weight is 321 g/mol. The molecule has 4 nitrogen and oxygen atoms in total. The van der Waals surface area contributed by atoms with Crippen LogP contribution in [0.2, 0.25) is 4.34 Å². The van der Waals surface area contributed by atoms with Gasteiger partial charge in [0.05, 0.1) is 15.8 Å². The molecule has 6 heteroatoms. The monoisotopic (exact) mass is 320 g/mol. The molecule has 0 aromatic carbocycles. The molecule has 0 amide bonds. The van der Waals surface area contributed by atoms with Crippen molar-refractivity contribution in [2.24, 2.45) is 0 Å². The van der Waals surface area contributed by atoms with Crippen LogP contribution in [0.1, 0.15) is 27.3 Å². The smallest absolute Gasteiger partial charge is 0.177 e. The topological polar surface area (TPSA) is 48.0 Å². The van der Waals surface area contributed by atoms with Crippen molar-refractivity contribution in [1.82, 2.24) is 9.72 Å². The van der Waals surface area contributed by atoms with E-state index in [-0.39, 0.29) is 0 Å². The van der Waals surface area contributed by atoms with E-state index in [1.54, 1.807) is 0 Å². The number of aromatic nitrogens is 2. The first-order chi connectivity index (χ1) is 10.1. The maximum Gasteiger partial charge on any atom is 0.177 e. The fraction of sp³-hybridized carbons (Fsp3) is 0.200. The van der Waals surface area contributed by atoms with E-state index in [9.17, 15) is 4.79 Å². The summed E-state index contributed by atoms with van der Waals surface area (Å²) in [5, 5.41) is 4.08. The molecular formula is C15H13ClN2O2S. The molecule has 0 unspecified atom stereocenters. The number of aryl methyl sites for hydroxylation is 1. The molecule has 0 N–H and O–H groups in total. The molecular weight excluding hydrogens is 308 g/mol. The minimum absolute atomic E-state index is 0.573. The number of carbonyl (C=O) groups is 1. The van der Waals surface area contributed by atoms with E-state index in [0.29, 0.717) is 12.3 Å². The number of nitrogens with zero attached hydrogens (tertiary/aromatic N) is 2. The second-order valence-corrected chi connectivity index (χ2v) is 6.56. The van der Waals surface area contributed by atoms with Crippen LogP contribution in [0.3, 0.4) is 0 Å². The summed E-state index contributed by atoms with van der Waals surface area (Å²) in [7, 11) is 0. The Hall–Kier alpha value is -1.85.